The summed E-state index contributed by atoms with van der Waals surface area (Å²) in [6, 6.07) is 10.8. The smallest absolute Gasteiger partial charge is 0.330 e. The molecule has 0 atom stereocenters. The zero-order valence-corrected chi connectivity index (χ0v) is 15.0. The number of carbonyl (C=O) groups excluding carboxylic acids is 1. The van der Waals surface area contributed by atoms with Crippen LogP contribution in [0.15, 0.2) is 42.5 Å². The molecule has 0 aliphatic carbocycles. The number of nitrogen functional groups attached to an aromatic ring is 2. The number of benzene rings is 2. The average molecular weight is 356 g/mol. The number of carbonyl (C=O) groups is 1. The Labute approximate surface area is 153 Å². The minimum Gasteiger partial charge on any atom is -0.493 e. The molecule has 0 spiro atoms. The second-order valence-corrected chi connectivity index (χ2v) is 5.68. The van der Waals surface area contributed by atoms with Gasteiger partial charge in [-0.25, -0.2) is 4.79 Å². The highest BCUT2D eigenvalue weighted by Gasteiger charge is 2.04. The number of rotatable bonds is 8. The third-order valence-corrected chi connectivity index (χ3v) is 3.82. The van der Waals surface area contributed by atoms with E-state index in [1.807, 2.05) is 12.1 Å². The lowest BCUT2D eigenvalue weighted by molar-refractivity contribution is -0.137. The molecule has 0 aliphatic rings. The van der Waals surface area contributed by atoms with Gasteiger partial charge >= 0.3 is 5.97 Å². The van der Waals surface area contributed by atoms with Crippen LogP contribution < -0.4 is 20.9 Å². The third kappa shape index (κ3) is 5.44. The normalized spacial score (nSPS) is 10.7. The van der Waals surface area contributed by atoms with E-state index in [0.717, 1.165) is 11.1 Å². The summed E-state index contributed by atoms with van der Waals surface area (Å²) in [6.07, 6.45) is 4.42. The highest BCUT2D eigenvalue weighted by atomic mass is 16.5. The van der Waals surface area contributed by atoms with Crippen LogP contribution >= 0.6 is 0 Å². The van der Waals surface area contributed by atoms with E-state index in [4.69, 9.17) is 25.7 Å². The van der Waals surface area contributed by atoms with Crippen LogP contribution in [0.1, 0.15) is 17.5 Å². The van der Waals surface area contributed by atoms with E-state index in [1.54, 1.807) is 44.6 Å². The van der Waals surface area contributed by atoms with Crippen LogP contribution in [0.3, 0.4) is 0 Å². The van der Waals surface area contributed by atoms with E-state index >= 15 is 0 Å². The van der Waals surface area contributed by atoms with E-state index in [1.165, 1.54) is 6.08 Å². The van der Waals surface area contributed by atoms with Gasteiger partial charge in [0.2, 0.25) is 0 Å². The predicted octanol–water partition coefficient (Wildman–Crippen LogP) is 3.06. The molecule has 6 heteroatoms. The zero-order chi connectivity index (χ0) is 18.9. The predicted molar refractivity (Wildman–Crippen MR) is 103 cm³/mol. The highest BCUT2D eigenvalue weighted by molar-refractivity contribution is 5.87. The third-order valence-electron chi connectivity index (χ3n) is 3.82. The van der Waals surface area contributed by atoms with Crippen LogP contribution in [0, 0.1) is 0 Å². The molecule has 0 bridgehead atoms. The first-order valence-corrected chi connectivity index (χ1v) is 8.24. The van der Waals surface area contributed by atoms with Crippen molar-refractivity contribution in [2.75, 3.05) is 32.3 Å². The quantitative estimate of drug-likeness (QED) is 0.327. The molecule has 0 heterocycles. The van der Waals surface area contributed by atoms with Crippen molar-refractivity contribution in [2.45, 2.75) is 12.8 Å². The number of hydrogen-bond acceptors (Lipinski definition) is 6. The fourth-order valence-corrected chi connectivity index (χ4v) is 2.45. The van der Waals surface area contributed by atoms with Crippen LogP contribution in [0.5, 0.6) is 11.5 Å². The van der Waals surface area contributed by atoms with Gasteiger partial charge in [0, 0.05) is 17.5 Å². The molecule has 4 N–H and O–H groups in total. The van der Waals surface area contributed by atoms with Crippen molar-refractivity contribution in [1.29, 1.82) is 0 Å². The summed E-state index contributed by atoms with van der Waals surface area (Å²) in [6.45, 7) is 0.309. The molecule has 0 amide bonds. The van der Waals surface area contributed by atoms with E-state index < -0.39 is 5.97 Å². The summed E-state index contributed by atoms with van der Waals surface area (Å²) >= 11 is 0. The fraction of sp³-hybridized carbons (Fsp3) is 0.250. The molecular weight excluding hydrogens is 332 g/mol. The monoisotopic (exact) mass is 356 g/mol. The lowest BCUT2D eigenvalue weighted by Gasteiger charge is -2.08. The molecule has 0 saturated heterocycles. The molecule has 0 unspecified atom stereocenters. The largest absolute Gasteiger partial charge is 0.493 e. The van der Waals surface area contributed by atoms with Gasteiger partial charge in [-0.05, 0) is 60.4 Å². The van der Waals surface area contributed by atoms with Crippen LogP contribution in [0.4, 0.5) is 11.4 Å². The summed E-state index contributed by atoms with van der Waals surface area (Å²) in [5, 5.41) is 0. The summed E-state index contributed by atoms with van der Waals surface area (Å²) in [4.78, 5) is 11.8. The maximum atomic E-state index is 11.8. The van der Waals surface area contributed by atoms with Crippen LogP contribution in [-0.2, 0) is 16.0 Å². The molecule has 2 aromatic rings. The van der Waals surface area contributed by atoms with Crippen molar-refractivity contribution in [2.24, 2.45) is 0 Å². The Morgan fingerprint density at radius 2 is 1.81 bits per heavy atom. The van der Waals surface area contributed by atoms with Gasteiger partial charge in [0.15, 0.2) is 11.5 Å². The number of esters is 1. The molecule has 0 aromatic heterocycles. The molecule has 2 aromatic carbocycles. The van der Waals surface area contributed by atoms with Crippen molar-refractivity contribution in [3.05, 3.63) is 53.6 Å². The minimum absolute atomic E-state index is 0.309. The summed E-state index contributed by atoms with van der Waals surface area (Å²) in [7, 11) is 3.13. The van der Waals surface area contributed by atoms with Crippen molar-refractivity contribution in [3.8, 4) is 11.5 Å². The minimum atomic E-state index is -0.402. The first-order chi connectivity index (χ1) is 12.5. The second kappa shape index (κ2) is 9.36. The summed E-state index contributed by atoms with van der Waals surface area (Å²) in [5.41, 5.74) is 14.8. The standard InChI is InChI=1S/C20H24N2O4/c1-24-18-9-5-14(12-19(18)25-2)6-10-20(23)26-11-3-4-15-13-16(21)7-8-17(15)22/h5-10,12-13H,3-4,11,21-22H2,1-2H3/b10-6+. The van der Waals surface area contributed by atoms with Gasteiger partial charge in [-0.3, -0.25) is 0 Å². The van der Waals surface area contributed by atoms with Gasteiger partial charge in [-0.2, -0.15) is 0 Å². The molecule has 138 valence electrons. The Hall–Kier alpha value is -3.15. The van der Waals surface area contributed by atoms with Crippen molar-refractivity contribution in [1.82, 2.24) is 0 Å². The van der Waals surface area contributed by atoms with Crippen LogP contribution in [-0.4, -0.2) is 26.8 Å². The Morgan fingerprint density at radius 3 is 2.54 bits per heavy atom. The SMILES string of the molecule is COc1ccc(/C=C/C(=O)OCCCc2cc(N)ccc2N)cc1OC. The molecule has 0 saturated carbocycles. The number of ether oxygens (including phenoxy) is 3. The highest BCUT2D eigenvalue weighted by Crippen LogP contribution is 2.27. The summed E-state index contributed by atoms with van der Waals surface area (Å²) < 4.78 is 15.6. The van der Waals surface area contributed by atoms with Crippen molar-refractivity contribution >= 4 is 23.4 Å². The van der Waals surface area contributed by atoms with Crippen molar-refractivity contribution < 1.29 is 19.0 Å². The number of methoxy groups -OCH3 is 2. The Balaban J connectivity index is 1.81. The average Bonchev–Trinajstić information content (AvgIpc) is 2.65. The van der Waals surface area contributed by atoms with Gasteiger partial charge < -0.3 is 25.7 Å². The Morgan fingerprint density at radius 1 is 1.04 bits per heavy atom. The molecule has 6 nitrogen and oxygen atoms in total. The van der Waals surface area contributed by atoms with Gasteiger partial charge in [-0.15, -0.1) is 0 Å². The lowest BCUT2D eigenvalue weighted by Crippen LogP contribution is -2.04. The summed E-state index contributed by atoms with van der Waals surface area (Å²) in [5.74, 6) is 0.830. The van der Waals surface area contributed by atoms with E-state index in [2.05, 4.69) is 0 Å². The Bertz CT molecular complexity index is 787. The number of aryl methyl sites for hydroxylation is 1. The first-order valence-electron chi connectivity index (χ1n) is 8.24. The second-order valence-electron chi connectivity index (χ2n) is 5.68. The molecule has 0 radical (unpaired) electrons. The maximum absolute atomic E-state index is 11.8. The molecule has 26 heavy (non-hydrogen) atoms. The van der Waals surface area contributed by atoms with E-state index in [-0.39, 0.29) is 0 Å². The van der Waals surface area contributed by atoms with Crippen LogP contribution in [0.2, 0.25) is 0 Å². The van der Waals surface area contributed by atoms with Crippen LogP contribution in [0.25, 0.3) is 6.08 Å². The topological polar surface area (TPSA) is 96.8 Å². The van der Waals surface area contributed by atoms with Gasteiger partial charge in [-0.1, -0.05) is 6.07 Å². The number of hydrogen-bond donors (Lipinski definition) is 2. The Kier molecular flexibility index (Phi) is 6.91. The van der Waals surface area contributed by atoms with E-state index in [0.29, 0.717) is 42.3 Å². The van der Waals surface area contributed by atoms with E-state index in [9.17, 15) is 4.79 Å². The van der Waals surface area contributed by atoms with Gasteiger partial charge in [0.05, 0.1) is 20.8 Å². The zero-order valence-electron chi connectivity index (χ0n) is 15.0. The van der Waals surface area contributed by atoms with Gasteiger partial charge in [0.25, 0.3) is 0 Å². The molecule has 2 rings (SSSR count). The van der Waals surface area contributed by atoms with Crippen molar-refractivity contribution in [3.63, 3.8) is 0 Å². The molecule has 0 aliphatic heterocycles. The molecular formula is C20H24N2O4. The number of nitrogens with two attached hydrogens (primary N) is 2. The lowest BCUT2D eigenvalue weighted by atomic mass is 10.1. The fourth-order valence-electron chi connectivity index (χ4n) is 2.45. The van der Waals surface area contributed by atoms with Gasteiger partial charge in [0.1, 0.15) is 0 Å². The number of anilines is 2. The maximum Gasteiger partial charge on any atom is 0.330 e. The first kappa shape index (κ1) is 19.2. The molecule has 0 fully saturated rings.